The Bertz CT molecular complexity index is 1060. The van der Waals surface area contributed by atoms with Crippen molar-refractivity contribution in [1.82, 2.24) is 10.3 Å². The highest BCUT2D eigenvalue weighted by molar-refractivity contribution is 5.85. The molecule has 28 heavy (non-hydrogen) atoms. The predicted molar refractivity (Wildman–Crippen MR) is 106 cm³/mol. The number of H-pyrrole nitrogens is 1. The average Bonchev–Trinajstić information content (AvgIpc) is 3.31. The van der Waals surface area contributed by atoms with Crippen molar-refractivity contribution in [3.63, 3.8) is 0 Å². The highest BCUT2D eigenvalue weighted by Crippen LogP contribution is 2.35. The quantitative estimate of drug-likeness (QED) is 0.708. The van der Waals surface area contributed by atoms with E-state index in [0.717, 1.165) is 66.6 Å². The van der Waals surface area contributed by atoms with Crippen molar-refractivity contribution in [3.8, 4) is 5.75 Å². The maximum absolute atomic E-state index is 13.6. The zero-order valence-electron chi connectivity index (χ0n) is 15.7. The zero-order valence-corrected chi connectivity index (χ0v) is 15.7. The fraction of sp³-hybridized carbons (Fsp3) is 0.348. The number of rotatable bonds is 4. The Morgan fingerprint density at radius 1 is 1.21 bits per heavy atom. The molecule has 144 valence electrons. The molecular weight excluding hydrogens is 355 g/mol. The lowest BCUT2D eigenvalue weighted by Gasteiger charge is -2.24. The van der Waals surface area contributed by atoms with Gasteiger partial charge in [0, 0.05) is 29.4 Å². The number of nitrogens with one attached hydrogen (secondary N) is 2. The van der Waals surface area contributed by atoms with Crippen molar-refractivity contribution < 1.29 is 13.9 Å². The number of aryl methyl sites for hydroxylation is 2. The largest absolute Gasteiger partial charge is 0.493 e. The van der Waals surface area contributed by atoms with E-state index in [2.05, 4.69) is 16.4 Å². The Morgan fingerprint density at radius 3 is 3.07 bits per heavy atom. The van der Waals surface area contributed by atoms with Crippen LogP contribution >= 0.6 is 0 Å². The first kappa shape index (κ1) is 17.3. The second kappa shape index (κ2) is 6.97. The van der Waals surface area contributed by atoms with Crippen molar-refractivity contribution in [1.29, 1.82) is 0 Å². The van der Waals surface area contributed by atoms with Crippen LogP contribution in [0.1, 0.15) is 47.7 Å². The summed E-state index contributed by atoms with van der Waals surface area (Å²) in [5, 5.41) is 4.12. The molecule has 0 saturated carbocycles. The standard InChI is InChI=1S/C23H23FN2O2/c24-16-6-7-19-18(13-16)17-2-1-3-20(23(17)26-19)25-22(27)9-5-14-4-8-21-15(12-14)10-11-28-21/h4,6-8,12-13,20,26H,1-3,5,9-11H2,(H,25,27)/t20-/m0/s1. The van der Waals surface area contributed by atoms with Gasteiger partial charge in [-0.25, -0.2) is 4.39 Å². The molecule has 5 heteroatoms. The first-order valence-electron chi connectivity index (χ1n) is 10.0. The number of carbonyl (C=O) groups is 1. The van der Waals surface area contributed by atoms with Crippen LogP contribution in [0.25, 0.3) is 10.9 Å². The number of ether oxygens (including phenoxy) is 1. The zero-order chi connectivity index (χ0) is 19.1. The number of fused-ring (bicyclic) bond motifs is 4. The molecule has 1 amide bonds. The highest BCUT2D eigenvalue weighted by atomic mass is 19.1. The number of benzene rings is 2. The van der Waals surface area contributed by atoms with Gasteiger partial charge in [-0.15, -0.1) is 0 Å². The SMILES string of the molecule is O=C(CCc1ccc2c(c1)CCO2)N[C@H]1CCCc2c1[nH]c1ccc(F)cc21. The fourth-order valence-corrected chi connectivity index (χ4v) is 4.50. The summed E-state index contributed by atoms with van der Waals surface area (Å²) in [5.74, 6) is 0.804. The minimum absolute atomic E-state index is 0.0277. The third-order valence-electron chi connectivity index (χ3n) is 5.90. The van der Waals surface area contributed by atoms with Crippen LogP contribution in [0.2, 0.25) is 0 Å². The minimum atomic E-state index is -0.222. The molecule has 2 N–H and O–H groups in total. The Hall–Kier alpha value is -2.82. The fourth-order valence-electron chi connectivity index (χ4n) is 4.50. The summed E-state index contributed by atoms with van der Waals surface area (Å²) in [4.78, 5) is 16.0. The van der Waals surface area contributed by atoms with Crippen molar-refractivity contribution in [2.75, 3.05) is 6.61 Å². The maximum Gasteiger partial charge on any atom is 0.220 e. The van der Waals surface area contributed by atoms with Crippen molar-refractivity contribution in [3.05, 3.63) is 64.6 Å². The molecule has 3 aromatic rings. The number of halogens is 1. The Labute approximate surface area is 163 Å². The number of aromatic amines is 1. The van der Waals surface area contributed by atoms with Crippen LogP contribution in [0.5, 0.6) is 5.75 Å². The van der Waals surface area contributed by atoms with Gasteiger partial charge >= 0.3 is 0 Å². The van der Waals surface area contributed by atoms with Crippen LogP contribution in [-0.2, 0) is 24.1 Å². The summed E-state index contributed by atoms with van der Waals surface area (Å²) < 4.78 is 19.2. The summed E-state index contributed by atoms with van der Waals surface area (Å²) in [5.41, 5.74) is 5.53. The number of aromatic nitrogens is 1. The molecule has 2 heterocycles. The summed E-state index contributed by atoms with van der Waals surface area (Å²) >= 11 is 0. The number of hydrogen-bond acceptors (Lipinski definition) is 2. The van der Waals surface area contributed by atoms with E-state index < -0.39 is 0 Å². The average molecular weight is 378 g/mol. The molecule has 0 unspecified atom stereocenters. The van der Waals surface area contributed by atoms with Gasteiger partial charge in [0.2, 0.25) is 5.91 Å². The van der Waals surface area contributed by atoms with Gasteiger partial charge in [-0.3, -0.25) is 4.79 Å². The topological polar surface area (TPSA) is 54.1 Å². The number of carbonyl (C=O) groups excluding carboxylic acids is 1. The van der Waals surface area contributed by atoms with Crippen LogP contribution < -0.4 is 10.1 Å². The van der Waals surface area contributed by atoms with Crippen LogP contribution in [0, 0.1) is 5.82 Å². The lowest BCUT2D eigenvalue weighted by molar-refractivity contribution is -0.121. The predicted octanol–water partition coefficient (Wildman–Crippen LogP) is 4.37. The van der Waals surface area contributed by atoms with Crippen molar-refractivity contribution in [2.24, 2.45) is 0 Å². The maximum atomic E-state index is 13.6. The van der Waals surface area contributed by atoms with Gasteiger partial charge in [0.15, 0.2) is 0 Å². The molecule has 1 aliphatic heterocycles. The minimum Gasteiger partial charge on any atom is -0.493 e. The Kier molecular flexibility index (Phi) is 4.30. The van der Waals surface area contributed by atoms with E-state index >= 15 is 0 Å². The van der Waals surface area contributed by atoms with E-state index in [1.807, 2.05) is 12.1 Å². The van der Waals surface area contributed by atoms with Gasteiger partial charge < -0.3 is 15.0 Å². The molecule has 1 atom stereocenters. The summed E-state index contributed by atoms with van der Waals surface area (Å²) in [7, 11) is 0. The molecule has 0 fully saturated rings. The second-order valence-corrected chi connectivity index (χ2v) is 7.76. The molecule has 1 aromatic heterocycles. The van der Waals surface area contributed by atoms with E-state index in [-0.39, 0.29) is 17.8 Å². The number of amides is 1. The van der Waals surface area contributed by atoms with Crippen molar-refractivity contribution >= 4 is 16.8 Å². The lowest BCUT2D eigenvalue weighted by atomic mass is 9.91. The molecular formula is C23H23FN2O2. The van der Waals surface area contributed by atoms with Gasteiger partial charge in [-0.1, -0.05) is 12.1 Å². The number of hydrogen-bond donors (Lipinski definition) is 2. The molecule has 0 radical (unpaired) electrons. The van der Waals surface area contributed by atoms with E-state index in [1.165, 1.54) is 17.2 Å². The van der Waals surface area contributed by atoms with Crippen LogP contribution in [0.15, 0.2) is 36.4 Å². The summed E-state index contributed by atoms with van der Waals surface area (Å²) in [6.07, 6.45) is 4.94. The highest BCUT2D eigenvalue weighted by Gasteiger charge is 2.25. The van der Waals surface area contributed by atoms with Gasteiger partial charge in [0.1, 0.15) is 11.6 Å². The molecule has 2 aliphatic rings. The van der Waals surface area contributed by atoms with E-state index in [9.17, 15) is 9.18 Å². The normalized spacial score (nSPS) is 17.8. The molecule has 1 aliphatic carbocycles. The third kappa shape index (κ3) is 3.15. The smallest absolute Gasteiger partial charge is 0.220 e. The third-order valence-corrected chi connectivity index (χ3v) is 5.90. The molecule has 4 nitrogen and oxygen atoms in total. The van der Waals surface area contributed by atoms with Gasteiger partial charge in [0.25, 0.3) is 0 Å². The van der Waals surface area contributed by atoms with E-state index in [1.54, 1.807) is 12.1 Å². The van der Waals surface area contributed by atoms with Gasteiger partial charge in [0.05, 0.1) is 12.6 Å². The van der Waals surface area contributed by atoms with Crippen LogP contribution in [0.4, 0.5) is 4.39 Å². The second-order valence-electron chi connectivity index (χ2n) is 7.76. The van der Waals surface area contributed by atoms with Gasteiger partial charge in [-0.05, 0) is 66.6 Å². The molecule has 5 rings (SSSR count). The van der Waals surface area contributed by atoms with E-state index in [4.69, 9.17) is 4.74 Å². The molecule has 0 saturated heterocycles. The lowest BCUT2D eigenvalue weighted by Crippen LogP contribution is -2.31. The van der Waals surface area contributed by atoms with E-state index in [0.29, 0.717) is 6.42 Å². The van der Waals surface area contributed by atoms with Crippen LogP contribution in [-0.4, -0.2) is 17.5 Å². The molecule has 0 bridgehead atoms. The Balaban J connectivity index is 1.28. The van der Waals surface area contributed by atoms with Gasteiger partial charge in [-0.2, -0.15) is 0 Å². The first-order valence-corrected chi connectivity index (χ1v) is 10.0. The Morgan fingerprint density at radius 2 is 2.14 bits per heavy atom. The van der Waals surface area contributed by atoms with Crippen LogP contribution in [0.3, 0.4) is 0 Å². The summed E-state index contributed by atoms with van der Waals surface area (Å²) in [6.45, 7) is 0.748. The van der Waals surface area contributed by atoms with Crippen molar-refractivity contribution in [2.45, 2.75) is 44.6 Å². The monoisotopic (exact) mass is 378 g/mol. The first-order chi connectivity index (χ1) is 13.7. The summed E-state index contributed by atoms with van der Waals surface area (Å²) in [6, 6.07) is 11.0. The molecule has 2 aromatic carbocycles. The molecule has 0 spiro atoms.